The number of hydrogen-bond donors (Lipinski definition) is 2. The number of carboxylic acids is 1. The summed E-state index contributed by atoms with van der Waals surface area (Å²) in [7, 11) is 0. The molecule has 5 nitrogen and oxygen atoms in total. The van der Waals surface area contributed by atoms with Gasteiger partial charge in [-0.25, -0.2) is 4.39 Å². The van der Waals surface area contributed by atoms with E-state index >= 15 is 0 Å². The number of carbonyl (C=O) groups excluding carboxylic acids is 1. The molecule has 0 aromatic carbocycles. The van der Waals surface area contributed by atoms with Crippen LogP contribution in [0.3, 0.4) is 0 Å². The Labute approximate surface area is 212 Å². The third kappa shape index (κ3) is 19.1. The summed E-state index contributed by atoms with van der Waals surface area (Å²) < 4.78 is 12.0. The van der Waals surface area contributed by atoms with Crippen LogP contribution in [0, 0.1) is 0 Å². The van der Waals surface area contributed by atoms with E-state index in [-0.39, 0.29) is 11.5 Å². The first-order valence-corrected chi connectivity index (χ1v) is 12.9. The summed E-state index contributed by atoms with van der Waals surface area (Å²) in [6.07, 6.45) is 13.4. The number of ketones is 1. The van der Waals surface area contributed by atoms with Crippen molar-refractivity contribution >= 4 is 39.9 Å². The number of rotatable bonds is 14. The quantitative estimate of drug-likeness (QED) is 0.0670. The molecule has 1 aromatic rings. The third-order valence-electron chi connectivity index (χ3n) is 3.82. The van der Waals surface area contributed by atoms with Gasteiger partial charge < -0.3 is 5.11 Å². The van der Waals surface area contributed by atoms with Crippen LogP contribution >= 0.6 is 23.1 Å². The SMILES string of the molecule is C/C=C(\C=C/CF)C/C=C\C(=C/CC)C(C)=O.C=C.CCc1ccc(NOCSCC(=O)O)s1. The number of nitrogens with one attached hydrogen (secondary N) is 1. The standard InChI is InChI=1S/C15H21FO.C9H13NO3S2.C2H4/c1-4-8-15(13(3)17)11-6-9-14(5-2)10-7-12-16;1-2-7-3-4-8(15-7)10-13-6-14-5-9(11)12;1-2/h5-8,10-11H,4,9,12H2,1-3H3;3-4,10H,2,5-6H2,1H3,(H,11,12);1-2H2/b10-7-,11-6-,14-5-,15-8+;;. The van der Waals surface area contributed by atoms with E-state index in [1.165, 1.54) is 22.7 Å². The number of allylic oxidation sites excluding steroid dienone is 8. The van der Waals surface area contributed by atoms with Gasteiger partial charge in [0, 0.05) is 10.5 Å². The highest BCUT2D eigenvalue weighted by atomic mass is 32.2. The highest BCUT2D eigenvalue weighted by Gasteiger charge is 1.99. The number of carbonyl (C=O) groups is 2. The molecule has 0 bridgehead atoms. The summed E-state index contributed by atoms with van der Waals surface area (Å²) in [4.78, 5) is 27.8. The lowest BCUT2D eigenvalue weighted by Gasteiger charge is -2.02. The maximum Gasteiger partial charge on any atom is 0.313 e. The molecule has 0 radical (unpaired) electrons. The first-order chi connectivity index (χ1) is 16.4. The Balaban J connectivity index is 0. The van der Waals surface area contributed by atoms with Crippen LogP contribution in [0.5, 0.6) is 0 Å². The van der Waals surface area contributed by atoms with Gasteiger partial charge >= 0.3 is 5.97 Å². The summed E-state index contributed by atoms with van der Waals surface area (Å²) in [6.45, 7) is 13.1. The van der Waals surface area contributed by atoms with E-state index in [1.54, 1.807) is 24.3 Å². The van der Waals surface area contributed by atoms with Gasteiger partial charge in [0.2, 0.25) is 0 Å². The molecule has 0 spiro atoms. The molecule has 190 valence electrons. The minimum Gasteiger partial charge on any atom is -0.481 e. The van der Waals surface area contributed by atoms with Crippen molar-refractivity contribution in [3.8, 4) is 0 Å². The molecular weight excluding hydrogens is 473 g/mol. The summed E-state index contributed by atoms with van der Waals surface area (Å²) in [5.74, 6) is -0.365. The zero-order chi connectivity index (χ0) is 26.2. The average Bonchev–Trinajstić information content (AvgIpc) is 3.30. The maximum atomic E-state index is 12.0. The Kier molecular flexibility index (Phi) is 23.6. The Hall–Kier alpha value is -2.42. The molecule has 0 saturated carbocycles. The van der Waals surface area contributed by atoms with Gasteiger partial charge in [0.1, 0.15) is 17.6 Å². The summed E-state index contributed by atoms with van der Waals surface area (Å²) in [6, 6.07) is 3.99. The van der Waals surface area contributed by atoms with Gasteiger partial charge in [0.25, 0.3) is 0 Å². The van der Waals surface area contributed by atoms with Gasteiger partial charge in [-0.3, -0.25) is 19.9 Å². The average molecular weight is 512 g/mol. The second-order valence-corrected chi connectivity index (χ2v) is 8.48. The lowest BCUT2D eigenvalue weighted by atomic mass is 10.1. The highest BCUT2D eigenvalue weighted by Crippen LogP contribution is 2.22. The maximum absolute atomic E-state index is 12.0. The van der Waals surface area contributed by atoms with E-state index in [0.29, 0.717) is 12.4 Å². The van der Waals surface area contributed by atoms with Gasteiger partial charge in [-0.1, -0.05) is 50.3 Å². The predicted octanol–water partition coefficient (Wildman–Crippen LogP) is 7.56. The lowest BCUT2D eigenvalue weighted by molar-refractivity contribution is -0.133. The number of carboxylic acid groups (broad SMARTS) is 1. The molecule has 2 N–H and O–H groups in total. The van der Waals surface area contributed by atoms with Gasteiger partial charge in [0.05, 0.1) is 5.75 Å². The fourth-order valence-electron chi connectivity index (χ4n) is 2.24. The van der Waals surface area contributed by atoms with Crippen molar-refractivity contribution in [2.45, 2.75) is 47.0 Å². The molecule has 0 aliphatic heterocycles. The summed E-state index contributed by atoms with van der Waals surface area (Å²) in [5, 5.41) is 9.32. The molecule has 0 unspecified atom stereocenters. The topological polar surface area (TPSA) is 75.6 Å². The molecule has 0 aliphatic carbocycles. The molecular formula is C26H38FNO4S2. The molecule has 1 aromatic heterocycles. The molecule has 0 fully saturated rings. The number of thioether (sulfide) groups is 1. The molecule has 0 aliphatic rings. The Bertz CT molecular complexity index is 813. The van der Waals surface area contributed by atoms with Crippen molar-refractivity contribution in [1.82, 2.24) is 0 Å². The number of anilines is 1. The second kappa shape index (κ2) is 23.7. The van der Waals surface area contributed by atoms with Gasteiger partial charge in [0.15, 0.2) is 5.78 Å². The van der Waals surface area contributed by atoms with Crippen molar-refractivity contribution in [2.24, 2.45) is 0 Å². The fraction of sp³-hybridized carbons (Fsp3) is 0.385. The van der Waals surface area contributed by atoms with Crippen molar-refractivity contribution in [3.05, 3.63) is 77.8 Å². The van der Waals surface area contributed by atoms with E-state index in [4.69, 9.17) is 9.94 Å². The van der Waals surface area contributed by atoms with Crippen molar-refractivity contribution < 1.29 is 23.9 Å². The number of halogens is 1. The number of aliphatic carboxylic acids is 1. The lowest BCUT2D eigenvalue weighted by Crippen LogP contribution is -2.03. The van der Waals surface area contributed by atoms with E-state index in [0.717, 1.165) is 29.0 Å². The van der Waals surface area contributed by atoms with E-state index in [1.807, 2.05) is 50.3 Å². The number of aryl methyl sites for hydroxylation is 1. The Morgan fingerprint density at radius 3 is 2.44 bits per heavy atom. The van der Waals surface area contributed by atoms with Crippen LogP contribution in [0.25, 0.3) is 0 Å². The normalized spacial score (nSPS) is 11.6. The van der Waals surface area contributed by atoms with Crippen LogP contribution in [0.4, 0.5) is 9.39 Å². The number of hydrogen-bond acceptors (Lipinski definition) is 6. The Morgan fingerprint density at radius 2 is 1.94 bits per heavy atom. The van der Waals surface area contributed by atoms with Gasteiger partial charge in [-0.05, 0) is 50.8 Å². The molecule has 34 heavy (non-hydrogen) atoms. The molecule has 1 rings (SSSR count). The zero-order valence-electron chi connectivity index (χ0n) is 20.6. The highest BCUT2D eigenvalue weighted by molar-refractivity contribution is 7.99. The van der Waals surface area contributed by atoms with Crippen molar-refractivity contribution in [1.29, 1.82) is 0 Å². The predicted molar refractivity (Wildman–Crippen MR) is 146 cm³/mol. The largest absolute Gasteiger partial charge is 0.481 e. The Morgan fingerprint density at radius 1 is 1.24 bits per heavy atom. The van der Waals surface area contributed by atoms with E-state index in [2.05, 4.69) is 25.6 Å². The van der Waals surface area contributed by atoms with Gasteiger partial charge in [-0.2, -0.15) is 0 Å². The fourth-order valence-corrected chi connectivity index (χ4v) is 3.44. The van der Waals surface area contributed by atoms with Crippen LogP contribution in [0.1, 0.15) is 45.4 Å². The molecule has 1 heterocycles. The van der Waals surface area contributed by atoms with E-state index in [9.17, 15) is 14.0 Å². The molecule has 0 atom stereocenters. The van der Waals surface area contributed by atoms with Crippen LogP contribution in [-0.4, -0.2) is 35.2 Å². The first kappa shape index (κ1) is 33.8. The number of alkyl halides is 1. The monoisotopic (exact) mass is 511 g/mol. The van der Waals surface area contributed by atoms with Crippen LogP contribution < -0.4 is 5.48 Å². The number of thiophene rings is 1. The zero-order valence-corrected chi connectivity index (χ0v) is 22.3. The summed E-state index contributed by atoms with van der Waals surface area (Å²) >= 11 is 2.85. The van der Waals surface area contributed by atoms with Gasteiger partial charge in [-0.15, -0.1) is 36.3 Å². The molecule has 0 amide bonds. The second-order valence-electron chi connectivity index (χ2n) is 6.38. The van der Waals surface area contributed by atoms with E-state index < -0.39 is 12.6 Å². The minimum absolute atomic E-state index is 0.0618. The minimum atomic E-state index is -0.826. The van der Waals surface area contributed by atoms with Crippen molar-refractivity contribution in [2.75, 3.05) is 23.8 Å². The van der Waals surface area contributed by atoms with Crippen molar-refractivity contribution in [3.63, 3.8) is 0 Å². The molecule has 0 saturated heterocycles. The first-order valence-electron chi connectivity index (χ1n) is 10.9. The van der Waals surface area contributed by atoms with Crippen LogP contribution in [0.15, 0.2) is 72.9 Å². The number of Topliss-reactive ketones (excluding diaryl/α,β-unsaturated/α-hetero) is 1. The summed E-state index contributed by atoms with van der Waals surface area (Å²) in [5.41, 5.74) is 4.55. The van der Waals surface area contributed by atoms with Crippen LogP contribution in [-0.2, 0) is 20.8 Å². The smallest absolute Gasteiger partial charge is 0.313 e. The van der Waals surface area contributed by atoms with Crippen LogP contribution in [0.2, 0.25) is 0 Å². The molecule has 8 heteroatoms. The third-order valence-corrected chi connectivity index (χ3v) is 5.69.